The van der Waals surface area contributed by atoms with E-state index in [1.807, 2.05) is 25.1 Å². The second kappa shape index (κ2) is 3.42. The Kier molecular flexibility index (Phi) is 2.25. The first kappa shape index (κ1) is 9.21. The van der Waals surface area contributed by atoms with Crippen LogP contribution in [0.5, 0.6) is 0 Å². The quantitative estimate of drug-likeness (QED) is 0.784. The first-order chi connectivity index (χ1) is 6.76. The van der Waals surface area contributed by atoms with Crippen LogP contribution < -0.4 is 0 Å². The molecule has 1 heterocycles. The highest BCUT2D eigenvalue weighted by molar-refractivity contribution is 5.76. The van der Waals surface area contributed by atoms with Gasteiger partial charge in [0, 0.05) is 6.54 Å². The van der Waals surface area contributed by atoms with Gasteiger partial charge in [-0.15, -0.1) is 0 Å². The predicted octanol–water partition coefficient (Wildman–Crippen LogP) is 1.86. The highest BCUT2D eigenvalue weighted by atomic mass is 16.3. The topological polar surface area (TPSA) is 38.0 Å². The second-order valence-electron chi connectivity index (χ2n) is 3.38. The lowest BCUT2D eigenvalue weighted by Gasteiger charge is -2.02. The Bertz CT molecular complexity index is 460. The van der Waals surface area contributed by atoms with E-state index in [9.17, 15) is 0 Å². The fourth-order valence-corrected chi connectivity index (χ4v) is 1.79. The van der Waals surface area contributed by atoms with E-state index in [1.54, 1.807) is 0 Å². The van der Waals surface area contributed by atoms with Crippen LogP contribution >= 0.6 is 0 Å². The molecule has 0 fully saturated rings. The first-order valence-electron chi connectivity index (χ1n) is 4.83. The van der Waals surface area contributed by atoms with Crippen LogP contribution in [0.15, 0.2) is 18.2 Å². The molecular formula is C11H14N2O. The number of aryl methyl sites for hydroxylation is 2. The van der Waals surface area contributed by atoms with Crippen molar-refractivity contribution >= 4 is 11.0 Å². The molecule has 0 spiro atoms. The Hall–Kier alpha value is -1.35. The molecule has 0 amide bonds. The third kappa shape index (κ3) is 1.30. The van der Waals surface area contributed by atoms with Crippen molar-refractivity contribution in [2.24, 2.45) is 0 Å². The highest BCUT2D eigenvalue weighted by Crippen LogP contribution is 2.17. The molecular weight excluding hydrogens is 176 g/mol. The van der Waals surface area contributed by atoms with E-state index in [0.29, 0.717) is 0 Å². The van der Waals surface area contributed by atoms with Crippen LogP contribution in [0.4, 0.5) is 0 Å². The van der Waals surface area contributed by atoms with Gasteiger partial charge in [-0.3, -0.25) is 0 Å². The molecule has 0 bridgehead atoms. The smallest absolute Gasteiger partial charge is 0.106 e. The summed E-state index contributed by atoms with van der Waals surface area (Å²) in [4.78, 5) is 4.44. The van der Waals surface area contributed by atoms with Crippen molar-refractivity contribution in [2.45, 2.75) is 27.0 Å². The average molecular weight is 190 g/mol. The van der Waals surface area contributed by atoms with Gasteiger partial charge in [-0.05, 0) is 31.5 Å². The number of rotatable bonds is 2. The molecule has 1 N–H and O–H groups in total. The lowest BCUT2D eigenvalue weighted by Crippen LogP contribution is -1.96. The monoisotopic (exact) mass is 190 g/mol. The van der Waals surface area contributed by atoms with Crippen molar-refractivity contribution in [1.29, 1.82) is 0 Å². The van der Waals surface area contributed by atoms with Gasteiger partial charge in [0.25, 0.3) is 0 Å². The fraction of sp³-hybridized carbons (Fsp3) is 0.364. The summed E-state index contributed by atoms with van der Waals surface area (Å²) in [5, 5.41) is 9.04. The first-order valence-corrected chi connectivity index (χ1v) is 4.83. The number of fused-ring (bicyclic) bond motifs is 1. The number of nitrogens with zero attached hydrogens (tertiary/aromatic N) is 2. The average Bonchev–Trinajstić information content (AvgIpc) is 2.52. The largest absolute Gasteiger partial charge is 0.392 e. The number of hydrogen-bond donors (Lipinski definition) is 1. The lowest BCUT2D eigenvalue weighted by molar-refractivity contribution is 0.282. The Labute approximate surface area is 83.0 Å². The lowest BCUT2D eigenvalue weighted by atomic mass is 10.2. The van der Waals surface area contributed by atoms with Crippen molar-refractivity contribution in [1.82, 2.24) is 9.55 Å². The molecule has 3 nitrogen and oxygen atoms in total. The van der Waals surface area contributed by atoms with Crippen LogP contribution in [-0.4, -0.2) is 14.7 Å². The zero-order chi connectivity index (χ0) is 10.1. The Morgan fingerprint density at radius 1 is 1.43 bits per heavy atom. The summed E-state index contributed by atoms with van der Waals surface area (Å²) < 4.78 is 2.15. The van der Waals surface area contributed by atoms with Crippen molar-refractivity contribution in [2.75, 3.05) is 0 Å². The summed E-state index contributed by atoms with van der Waals surface area (Å²) in [6.45, 7) is 5.10. The standard InChI is InChI=1S/C11H14N2O/c1-3-13-8(2)12-10-5-4-9(7-14)6-11(10)13/h4-6,14H,3,7H2,1-2H3. The summed E-state index contributed by atoms with van der Waals surface area (Å²) in [6, 6.07) is 5.87. The van der Waals surface area contributed by atoms with Crippen LogP contribution in [0.25, 0.3) is 11.0 Å². The molecule has 1 aromatic heterocycles. The minimum Gasteiger partial charge on any atom is -0.392 e. The van der Waals surface area contributed by atoms with E-state index in [4.69, 9.17) is 5.11 Å². The number of aliphatic hydroxyl groups excluding tert-OH is 1. The van der Waals surface area contributed by atoms with Crippen LogP contribution in [0.3, 0.4) is 0 Å². The van der Waals surface area contributed by atoms with Gasteiger partial charge < -0.3 is 9.67 Å². The van der Waals surface area contributed by atoms with Crippen molar-refractivity contribution in [3.63, 3.8) is 0 Å². The number of aromatic nitrogens is 2. The number of benzene rings is 1. The Morgan fingerprint density at radius 3 is 2.86 bits per heavy atom. The SMILES string of the molecule is CCn1c(C)nc2ccc(CO)cc21. The third-order valence-corrected chi connectivity index (χ3v) is 2.50. The van der Waals surface area contributed by atoms with Crippen LogP contribution in [-0.2, 0) is 13.2 Å². The minimum absolute atomic E-state index is 0.0872. The third-order valence-electron chi connectivity index (χ3n) is 2.50. The zero-order valence-corrected chi connectivity index (χ0v) is 8.49. The second-order valence-corrected chi connectivity index (χ2v) is 3.38. The number of hydrogen-bond acceptors (Lipinski definition) is 2. The van der Waals surface area contributed by atoms with Crippen molar-refractivity contribution in [3.8, 4) is 0 Å². The molecule has 3 heteroatoms. The molecule has 0 radical (unpaired) electrons. The summed E-state index contributed by atoms with van der Waals surface area (Å²) in [6.07, 6.45) is 0. The van der Waals surface area contributed by atoms with Crippen LogP contribution in [0, 0.1) is 6.92 Å². The van der Waals surface area contributed by atoms with Gasteiger partial charge in [0.1, 0.15) is 5.82 Å². The molecule has 2 rings (SSSR count). The maximum Gasteiger partial charge on any atom is 0.106 e. The maximum atomic E-state index is 9.04. The molecule has 0 aliphatic heterocycles. The van der Waals surface area contributed by atoms with Gasteiger partial charge in [-0.2, -0.15) is 0 Å². The van der Waals surface area contributed by atoms with E-state index in [1.165, 1.54) is 0 Å². The van der Waals surface area contributed by atoms with E-state index >= 15 is 0 Å². The van der Waals surface area contributed by atoms with Crippen molar-refractivity contribution < 1.29 is 5.11 Å². The molecule has 2 aromatic rings. The Balaban J connectivity index is 2.71. The number of aliphatic hydroxyl groups is 1. The van der Waals surface area contributed by atoms with Gasteiger partial charge in [0.15, 0.2) is 0 Å². The molecule has 1 aromatic carbocycles. The van der Waals surface area contributed by atoms with Gasteiger partial charge in [-0.1, -0.05) is 6.07 Å². The Morgan fingerprint density at radius 2 is 2.21 bits per heavy atom. The normalized spacial score (nSPS) is 11.1. The van der Waals surface area contributed by atoms with Gasteiger partial charge >= 0.3 is 0 Å². The molecule has 74 valence electrons. The zero-order valence-electron chi connectivity index (χ0n) is 8.49. The van der Waals surface area contributed by atoms with E-state index in [0.717, 1.165) is 29.0 Å². The minimum atomic E-state index is 0.0872. The molecule has 0 atom stereocenters. The predicted molar refractivity (Wildman–Crippen MR) is 56.1 cm³/mol. The van der Waals surface area contributed by atoms with Gasteiger partial charge in [-0.25, -0.2) is 4.98 Å². The van der Waals surface area contributed by atoms with E-state index < -0.39 is 0 Å². The molecule has 0 saturated carbocycles. The molecule has 0 unspecified atom stereocenters. The molecule has 0 aliphatic carbocycles. The van der Waals surface area contributed by atoms with Crippen molar-refractivity contribution in [3.05, 3.63) is 29.6 Å². The fourth-order valence-electron chi connectivity index (χ4n) is 1.79. The summed E-state index contributed by atoms with van der Waals surface area (Å²) in [5.41, 5.74) is 3.05. The van der Waals surface area contributed by atoms with Gasteiger partial charge in [0.2, 0.25) is 0 Å². The summed E-state index contributed by atoms with van der Waals surface area (Å²) in [7, 11) is 0. The molecule has 0 aliphatic rings. The van der Waals surface area contributed by atoms with E-state index in [-0.39, 0.29) is 6.61 Å². The highest BCUT2D eigenvalue weighted by Gasteiger charge is 2.05. The maximum absolute atomic E-state index is 9.04. The van der Waals surface area contributed by atoms with Crippen LogP contribution in [0.2, 0.25) is 0 Å². The van der Waals surface area contributed by atoms with Gasteiger partial charge in [0.05, 0.1) is 17.6 Å². The summed E-state index contributed by atoms with van der Waals surface area (Å²) >= 11 is 0. The molecule has 14 heavy (non-hydrogen) atoms. The summed E-state index contributed by atoms with van der Waals surface area (Å²) in [5.74, 6) is 1.03. The van der Waals surface area contributed by atoms with Crippen LogP contribution in [0.1, 0.15) is 18.3 Å². The van der Waals surface area contributed by atoms with E-state index in [2.05, 4.69) is 16.5 Å². The molecule has 0 saturated heterocycles. The number of imidazole rings is 1.